The number of nitrogens with zero attached hydrogens (tertiary/aromatic N) is 2. The number of amides is 1. The van der Waals surface area contributed by atoms with Gasteiger partial charge in [-0.15, -0.1) is 0 Å². The van der Waals surface area contributed by atoms with Gasteiger partial charge < -0.3 is 15.3 Å². The lowest BCUT2D eigenvalue weighted by Crippen LogP contribution is -2.40. The van der Waals surface area contributed by atoms with Crippen LogP contribution in [-0.2, 0) is 23.2 Å². The van der Waals surface area contributed by atoms with E-state index in [1.807, 2.05) is 0 Å². The van der Waals surface area contributed by atoms with Crippen LogP contribution in [0.1, 0.15) is 73.6 Å². The van der Waals surface area contributed by atoms with Crippen LogP contribution in [0.2, 0.25) is 0 Å². The molecule has 1 aromatic heterocycles. The molecule has 0 bridgehead atoms. The highest BCUT2D eigenvalue weighted by Crippen LogP contribution is 2.36. The molecule has 2 aliphatic rings. The molecular weight excluding hydrogens is 362 g/mol. The first kappa shape index (κ1) is 20.0. The second-order valence-corrected chi connectivity index (χ2v) is 9.30. The molecule has 5 nitrogen and oxygen atoms in total. The number of aliphatic hydroxyl groups is 1. The van der Waals surface area contributed by atoms with Gasteiger partial charge in [-0.25, -0.2) is 0 Å². The first-order valence-electron chi connectivity index (χ1n) is 10.6. The Kier molecular flexibility index (Phi) is 5.45. The average Bonchev–Trinajstić information content (AvgIpc) is 3.26. The Labute approximate surface area is 173 Å². The van der Waals surface area contributed by atoms with Gasteiger partial charge in [-0.05, 0) is 59.5 Å². The number of aromatic nitrogens is 1. The number of fused-ring (bicyclic) bond motifs is 1. The van der Waals surface area contributed by atoms with Crippen LogP contribution in [0.5, 0.6) is 0 Å². The van der Waals surface area contributed by atoms with E-state index in [1.165, 1.54) is 28.7 Å². The zero-order valence-electron chi connectivity index (χ0n) is 17.6. The first-order valence-corrected chi connectivity index (χ1v) is 10.6. The van der Waals surface area contributed by atoms with Crippen molar-refractivity contribution in [2.45, 2.75) is 64.1 Å². The molecule has 0 unspecified atom stereocenters. The summed E-state index contributed by atoms with van der Waals surface area (Å²) in [6, 6.07) is 8.51. The monoisotopic (exact) mass is 393 g/mol. The van der Waals surface area contributed by atoms with Gasteiger partial charge in [0.15, 0.2) is 6.10 Å². The van der Waals surface area contributed by atoms with E-state index in [0.717, 1.165) is 19.4 Å². The second kappa shape index (κ2) is 7.88. The Morgan fingerprint density at radius 3 is 2.83 bits per heavy atom. The standard InChI is InChI=1S/C24H31N3O2/c1-24(2,3)18-12-16-8-11-27(23(29)22(28)17-6-4-9-25-14-17)15-20(16)19(13-18)21-7-5-10-26-21/h4,6,9,12-14,21-22,26,28H,5,7-8,10-11,15H2,1-3H3/t21-,22-/m0/s1. The molecule has 4 rings (SSSR count). The van der Waals surface area contributed by atoms with Crippen molar-refractivity contribution >= 4 is 5.91 Å². The molecule has 1 amide bonds. The quantitative estimate of drug-likeness (QED) is 0.839. The highest BCUT2D eigenvalue weighted by atomic mass is 16.3. The molecule has 2 N–H and O–H groups in total. The summed E-state index contributed by atoms with van der Waals surface area (Å²) in [6.45, 7) is 9.00. The zero-order valence-corrected chi connectivity index (χ0v) is 17.6. The van der Waals surface area contributed by atoms with E-state index in [2.05, 4.69) is 43.2 Å². The molecule has 154 valence electrons. The van der Waals surface area contributed by atoms with Gasteiger partial charge in [0.05, 0.1) is 0 Å². The van der Waals surface area contributed by atoms with Crippen LogP contribution < -0.4 is 5.32 Å². The number of rotatable bonds is 3. The molecule has 3 heterocycles. The molecule has 0 aliphatic carbocycles. The summed E-state index contributed by atoms with van der Waals surface area (Å²) < 4.78 is 0. The predicted octanol–water partition coefficient (Wildman–Crippen LogP) is 3.42. The molecule has 2 atom stereocenters. The van der Waals surface area contributed by atoms with Crippen LogP contribution in [0.3, 0.4) is 0 Å². The summed E-state index contributed by atoms with van der Waals surface area (Å²) in [5, 5.41) is 14.2. The number of carbonyl (C=O) groups is 1. The van der Waals surface area contributed by atoms with Crippen molar-refractivity contribution in [3.63, 3.8) is 0 Å². The van der Waals surface area contributed by atoms with Gasteiger partial charge in [0.1, 0.15) is 0 Å². The van der Waals surface area contributed by atoms with E-state index in [9.17, 15) is 9.90 Å². The minimum absolute atomic E-state index is 0.0891. The lowest BCUT2D eigenvalue weighted by atomic mass is 9.80. The maximum absolute atomic E-state index is 13.0. The summed E-state index contributed by atoms with van der Waals surface area (Å²) in [7, 11) is 0. The van der Waals surface area contributed by atoms with Crippen molar-refractivity contribution in [1.82, 2.24) is 15.2 Å². The van der Waals surface area contributed by atoms with E-state index in [0.29, 0.717) is 24.7 Å². The zero-order chi connectivity index (χ0) is 20.6. The van der Waals surface area contributed by atoms with Crippen LogP contribution in [-0.4, -0.2) is 34.0 Å². The SMILES string of the molecule is CC(C)(C)c1cc2c(c([C@@H]3CCCN3)c1)CN(C(=O)[C@@H](O)c1cccnc1)CC2. The number of aliphatic hydroxyl groups excluding tert-OH is 1. The van der Waals surface area contributed by atoms with Crippen molar-refractivity contribution in [1.29, 1.82) is 0 Å². The van der Waals surface area contributed by atoms with Crippen molar-refractivity contribution in [2.75, 3.05) is 13.1 Å². The Balaban J connectivity index is 1.65. The van der Waals surface area contributed by atoms with Crippen LogP contribution in [0.25, 0.3) is 0 Å². The topological polar surface area (TPSA) is 65.5 Å². The molecule has 5 heteroatoms. The summed E-state index contributed by atoms with van der Waals surface area (Å²) in [5.74, 6) is -0.242. The van der Waals surface area contributed by atoms with Crippen molar-refractivity contribution in [2.24, 2.45) is 0 Å². The lowest BCUT2D eigenvalue weighted by molar-refractivity contribution is -0.141. The van der Waals surface area contributed by atoms with Gasteiger partial charge in [0.2, 0.25) is 0 Å². The molecule has 1 saturated heterocycles. The summed E-state index contributed by atoms with van der Waals surface area (Å²) in [5.41, 5.74) is 5.93. The summed E-state index contributed by atoms with van der Waals surface area (Å²) >= 11 is 0. The Hall–Kier alpha value is -2.24. The van der Waals surface area contributed by atoms with Gasteiger partial charge in [0.25, 0.3) is 5.91 Å². The highest BCUT2D eigenvalue weighted by Gasteiger charge is 2.31. The highest BCUT2D eigenvalue weighted by molar-refractivity contribution is 5.82. The predicted molar refractivity (Wildman–Crippen MR) is 113 cm³/mol. The third-order valence-corrected chi connectivity index (χ3v) is 6.22. The second-order valence-electron chi connectivity index (χ2n) is 9.30. The van der Waals surface area contributed by atoms with Crippen molar-refractivity contribution in [3.05, 3.63) is 64.5 Å². The van der Waals surface area contributed by atoms with Gasteiger partial charge in [-0.1, -0.05) is 39.0 Å². The van der Waals surface area contributed by atoms with Gasteiger partial charge in [0, 0.05) is 37.1 Å². The van der Waals surface area contributed by atoms with Crippen LogP contribution >= 0.6 is 0 Å². The number of benzene rings is 1. The maximum atomic E-state index is 13.0. The minimum Gasteiger partial charge on any atom is -0.378 e. The fourth-order valence-electron chi connectivity index (χ4n) is 4.43. The Morgan fingerprint density at radius 1 is 1.34 bits per heavy atom. The normalized spacial score (nSPS) is 20.4. The third-order valence-electron chi connectivity index (χ3n) is 6.22. The first-order chi connectivity index (χ1) is 13.8. The maximum Gasteiger partial charge on any atom is 0.256 e. The van der Waals surface area contributed by atoms with Gasteiger partial charge in [-0.3, -0.25) is 9.78 Å². The Bertz CT molecular complexity index is 883. The van der Waals surface area contributed by atoms with Crippen LogP contribution in [0.15, 0.2) is 36.7 Å². The molecule has 0 spiro atoms. The molecule has 2 aliphatic heterocycles. The summed E-state index contributed by atoms with van der Waals surface area (Å²) in [6.07, 6.45) is 5.18. The molecular formula is C24H31N3O2. The van der Waals surface area contributed by atoms with Gasteiger partial charge >= 0.3 is 0 Å². The number of nitrogens with one attached hydrogen (secondary N) is 1. The third kappa shape index (κ3) is 4.07. The summed E-state index contributed by atoms with van der Waals surface area (Å²) in [4.78, 5) is 18.8. The van der Waals surface area contributed by atoms with E-state index in [-0.39, 0.29) is 11.3 Å². The number of hydrogen-bond acceptors (Lipinski definition) is 4. The largest absolute Gasteiger partial charge is 0.378 e. The lowest BCUT2D eigenvalue weighted by Gasteiger charge is -2.34. The molecule has 29 heavy (non-hydrogen) atoms. The number of pyridine rings is 1. The number of hydrogen-bond donors (Lipinski definition) is 2. The van der Waals surface area contributed by atoms with Gasteiger partial charge in [-0.2, -0.15) is 0 Å². The molecule has 0 saturated carbocycles. The van der Waals surface area contributed by atoms with Crippen molar-refractivity contribution in [3.8, 4) is 0 Å². The molecule has 2 aromatic rings. The molecule has 1 aromatic carbocycles. The van der Waals surface area contributed by atoms with Crippen LogP contribution in [0, 0.1) is 0 Å². The Morgan fingerprint density at radius 2 is 2.17 bits per heavy atom. The average molecular weight is 394 g/mol. The fourth-order valence-corrected chi connectivity index (χ4v) is 4.43. The van der Waals surface area contributed by atoms with E-state index in [1.54, 1.807) is 29.4 Å². The number of carbonyl (C=O) groups excluding carboxylic acids is 1. The minimum atomic E-state index is -1.16. The van der Waals surface area contributed by atoms with Crippen molar-refractivity contribution < 1.29 is 9.90 Å². The van der Waals surface area contributed by atoms with E-state index >= 15 is 0 Å². The van der Waals surface area contributed by atoms with E-state index in [4.69, 9.17) is 0 Å². The fraction of sp³-hybridized carbons (Fsp3) is 0.500. The van der Waals surface area contributed by atoms with Crippen LogP contribution in [0.4, 0.5) is 0 Å². The molecule has 1 fully saturated rings. The smallest absolute Gasteiger partial charge is 0.256 e. The van der Waals surface area contributed by atoms with E-state index < -0.39 is 6.10 Å². The molecule has 0 radical (unpaired) electrons.